The number of aryl methyl sites for hydroxylation is 1. The fraction of sp³-hybridized carbons (Fsp3) is 0.100. The maximum atomic E-state index is 12.3. The summed E-state index contributed by atoms with van der Waals surface area (Å²) < 4.78 is 7.18. The van der Waals surface area contributed by atoms with Gasteiger partial charge in [-0.3, -0.25) is 4.79 Å². The number of ether oxygens (including phenoxy) is 1. The largest absolute Gasteiger partial charge is 0.487 e. The highest BCUT2D eigenvalue weighted by molar-refractivity contribution is 9.11. The van der Waals surface area contributed by atoms with Crippen LogP contribution in [0.15, 0.2) is 61.8 Å². The van der Waals surface area contributed by atoms with E-state index in [0.29, 0.717) is 33.1 Å². The Morgan fingerprint density at radius 1 is 1.29 bits per heavy atom. The molecule has 0 spiro atoms. The Bertz CT molecular complexity index is 998. The van der Waals surface area contributed by atoms with Gasteiger partial charge in [-0.05, 0) is 92.0 Å². The summed E-state index contributed by atoms with van der Waals surface area (Å²) in [6, 6.07) is 9.30. The van der Waals surface area contributed by atoms with E-state index in [0.717, 1.165) is 20.1 Å². The molecule has 8 heteroatoms. The number of amides is 1. The Morgan fingerprint density at radius 2 is 2.00 bits per heavy atom. The first-order chi connectivity index (χ1) is 13.4. The molecule has 0 bridgehead atoms. The number of halogens is 3. The van der Waals surface area contributed by atoms with Gasteiger partial charge in [0.2, 0.25) is 0 Å². The first-order valence-corrected chi connectivity index (χ1v) is 10.9. The molecule has 2 aromatic carbocycles. The Labute approximate surface area is 189 Å². The number of amidine groups is 1. The summed E-state index contributed by atoms with van der Waals surface area (Å²) in [5, 5.41) is 3.93. The average Bonchev–Trinajstić information content (AvgIpc) is 2.96. The normalized spacial score (nSPS) is 16.5. The SMILES string of the molecule is C=CCOc1c(Br)cc(/C=C2\SC(=Nc3ccc(C)c(Cl)c3)NC2=O)cc1Br. The smallest absolute Gasteiger partial charge is 0.264 e. The van der Waals surface area contributed by atoms with Gasteiger partial charge in [-0.1, -0.05) is 30.3 Å². The zero-order valence-electron chi connectivity index (χ0n) is 14.8. The van der Waals surface area contributed by atoms with Crippen molar-refractivity contribution in [2.45, 2.75) is 6.92 Å². The third kappa shape index (κ3) is 5.08. The summed E-state index contributed by atoms with van der Waals surface area (Å²) >= 11 is 14.4. The molecular formula is C20H15Br2ClN2O2S. The summed E-state index contributed by atoms with van der Waals surface area (Å²) in [6.07, 6.45) is 3.48. The molecule has 1 fully saturated rings. The van der Waals surface area contributed by atoms with Gasteiger partial charge in [-0.15, -0.1) is 0 Å². The van der Waals surface area contributed by atoms with Gasteiger partial charge < -0.3 is 10.1 Å². The van der Waals surface area contributed by atoms with Crippen molar-refractivity contribution in [3.8, 4) is 5.75 Å². The Kier molecular flexibility index (Phi) is 7.04. The van der Waals surface area contributed by atoms with Gasteiger partial charge in [0.1, 0.15) is 12.4 Å². The van der Waals surface area contributed by atoms with E-state index in [-0.39, 0.29) is 5.91 Å². The highest BCUT2D eigenvalue weighted by Crippen LogP contribution is 2.37. The van der Waals surface area contributed by atoms with Crippen molar-refractivity contribution in [1.29, 1.82) is 0 Å². The van der Waals surface area contributed by atoms with E-state index in [1.54, 1.807) is 18.2 Å². The Morgan fingerprint density at radius 3 is 2.64 bits per heavy atom. The number of hydrogen-bond acceptors (Lipinski definition) is 4. The first kappa shape index (κ1) is 21.2. The van der Waals surface area contributed by atoms with Crippen LogP contribution < -0.4 is 10.1 Å². The fourth-order valence-electron chi connectivity index (χ4n) is 2.34. The molecule has 1 saturated heterocycles. The number of hydrogen-bond donors (Lipinski definition) is 1. The van der Waals surface area contributed by atoms with Crippen LogP contribution in [0, 0.1) is 6.92 Å². The fourth-order valence-corrected chi connectivity index (χ4v) is 4.81. The van der Waals surface area contributed by atoms with E-state index in [1.165, 1.54) is 11.8 Å². The molecule has 0 saturated carbocycles. The van der Waals surface area contributed by atoms with Gasteiger partial charge >= 0.3 is 0 Å². The number of nitrogens with one attached hydrogen (secondary N) is 1. The van der Waals surface area contributed by atoms with Crippen molar-refractivity contribution in [3.63, 3.8) is 0 Å². The maximum absolute atomic E-state index is 12.3. The number of carbonyl (C=O) groups excluding carboxylic acids is 1. The number of thioether (sulfide) groups is 1. The van der Waals surface area contributed by atoms with Gasteiger partial charge in [0.15, 0.2) is 5.17 Å². The first-order valence-electron chi connectivity index (χ1n) is 8.16. The van der Waals surface area contributed by atoms with Crippen LogP contribution in [0.5, 0.6) is 5.75 Å². The van der Waals surface area contributed by atoms with Crippen molar-refractivity contribution in [1.82, 2.24) is 5.32 Å². The number of carbonyl (C=O) groups is 1. The molecule has 1 N–H and O–H groups in total. The van der Waals surface area contributed by atoms with Crippen LogP contribution in [0.3, 0.4) is 0 Å². The van der Waals surface area contributed by atoms with Crippen molar-refractivity contribution in [2.24, 2.45) is 4.99 Å². The molecule has 2 aromatic rings. The number of aliphatic imine (C=N–C) groups is 1. The second kappa shape index (κ2) is 9.31. The van der Waals surface area contributed by atoms with E-state index >= 15 is 0 Å². The molecule has 0 aromatic heterocycles. The molecule has 0 radical (unpaired) electrons. The van der Waals surface area contributed by atoms with Crippen LogP contribution in [-0.4, -0.2) is 17.7 Å². The van der Waals surface area contributed by atoms with Gasteiger partial charge in [0.05, 0.1) is 19.5 Å². The van der Waals surface area contributed by atoms with Gasteiger partial charge in [-0.2, -0.15) is 0 Å². The molecule has 1 aliphatic rings. The number of benzene rings is 2. The third-order valence-electron chi connectivity index (χ3n) is 3.70. The van der Waals surface area contributed by atoms with Gasteiger partial charge in [0, 0.05) is 5.02 Å². The van der Waals surface area contributed by atoms with Gasteiger partial charge in [-0.25, -0.2) is 4.99 Å². The van der Waals surface area contributed by atoms with E-state index in [4.69, 9.17) is 16.3 Å². The highest BCUT2D eigenvalue weighted by atomic mass is 79.9. The molecule has 144 valence electrons. The van der Waals surface area contributed by atoms with E-state index in [1.807, 2.05) is 31.2 Å². The molecule has 0 unspecified atom stereocenters. The van der Waals surface area contributed by atoms with Crippen LogP contribution in [0.2, 0.25) is 5.02 Å². The third-order valence-corrected chi connectivity index (χ3v) is 6.20. The number of nitrogens with zero attached hydrogens (tertiary/aromatic N) is 1. The van der Waals surface area contributed by atoms with Crippen LogP contribution in [0.1, 0.15) is 11.1 Å². The topological polar surface area (TPSA) is 50.7 Å². The molecule has 4 nitrogen and oxygen atoms in total. The lowest BCUT2D eigenvalue weighted by atomic mass is 10.2. The number of rotatable bonds is 5. The minimum Gasteiger partial charge on any atom is -0.487 e. The van der Waals surface area contributed by atoms with E-state index < -0.39 is 0 Å². The summed E-state index contributed by atoms with van der Waals surface area (Å²) in [7, 11) is 0. The highest BCUT2D eigenvalue weighted by Gasteiger charge is 2.24. The molecule has 1 amide bonds. The van der Waals surface area contributed by atoms with Gasteiger partial charge in [0.25, 0.3) is 5.91 Å². The molecule has 3 rings (SSSR count). The molecular weight excluding hydrogens is 528 g/mol. The minimum atomic E-state index is -0.193. The van der Waals surface area contributed by atoms with Crippen molar-refractivity contribution in [3.05, 3.63) is 73.0 Å². The van der Waals surface area contributed by atoms with Crippen LogP contribution in [0.4, 0.5) is 5.69 Å². The molecule has 0 aliphatic carbocycles. The Balaban J connectivity index is 1.83. The second-order valence-corrected chi connectivity index (χ2v) is 8.98. The average molecular weight is 543 g/mol. The van der Waals surface area contributed by atoms with Crippen LogP contribution in [-0.2, 0) is 4.79 Å². The quantitative estimate of drug-likeness (QED) is 0.341. The standard InChI is InChI=1S/C20H15Br2ClN2O2S/c1-3-6-27-18-14(21)7-12(8-15(18)22)9-17-19(26)25-20(28-17)24-13-5-4-11(2)16(23)10-13/h3-5,7-10H,1,6H2,2H3,(H,24,25,26)/b17-9-. The van der Waals surface area contributed by atoms with Crippen LogP contribution >= 0.6 is 55.2 Å². The lowest BCUT2D eigenvalue weighted by molar-refractivity contribution is -0.115. The second-order valence-electron chi connectivity index (χ2n) is 5.83. The minimum absolute atomic E-state index is 0.193. The Hall–Kier alpha value is -1.54. The lowest BCUT2D eigenvalue weighted by Crippen LogP contribution is -2.19. The lowest BCUT2D eigenvalue weighted by Gasteiger charge is -2.09. The van der Waals surface area contributed by atoms with E-state index in [9.17, 15) is 4.79 Å². The molecule has 0 atom stereocenters. The maximum Gasteiger partial charge on any atom is 0.264 e. The summed E-state index contributed by atoms with van der Waals surface area (Å²) in [4.78, 5) is 17.3. The zero-order chi connectivity index (χ0) is 20.3. The van der Waals surface area contributed by atoms with Crippen LogP contribution in [0.25, 0.3) is 6.08 Å². The van der Waals surface area contributed by atoms with E-state index in [2.05, 4.69) is 48.7 Å². The molecule has 1 heterocycles. The monoisotopic (exact) mass is 540 g/mol. The predicted octanol–water partition coefficient (Wildman–Crippen LogP) is 6.63. The summed E-state index contributed by atoms with van der Waals surface area (Å²) in [5.74, 6) is 0.491. The summed E-state index contributed by atoms with van der Waals surface area (Å²) in [6.45, 7) is 5.97. The predicted molar refractivity (Wildman–Crippen MR) is 125 cm³/mol. The van der Waals surface area contributed by atoms with Crippen molar-refractivity contribution in [2.75, 3.05) is 6.61 Å². The zero-order valence-corrected chi connectivity index (χ0v) is 19.5. The van der Waals surface area contributed by atoms with Crippen molar-refractivity contribution >= 4 is 78.1 Å². The van der Waals surface area contributed by atoms with Crippen molar-refractivity contribution < 1.29 is 9.53 Å². The summed E-state index contributed by atoms with van der Waals surface area (Å²) in [5.41, 5.74) is 2.52. The molecule has 28 heavy (non-hydrogen) atoms. The molecule has 1 aliphatic heterocycles.